The Morgan fingerprint density at radius 1 is 1.17 bits per heavy atom. The van der Waals surface area contributed by atoms with E-state index < -0.39 is 6.04 Å². The quantitative estimate of drug-likeness (QED) is 0.617. The number of fused-ring (bicyclic) bond motifs is 1. The molecule has 8 nitrogen and oxygen atoms in total. The van der Waals surface area contributed by atoms with Gasteiger partial charge in [0.2, 0.25) is 5.91 Å². The number of carbonyl (C=O) groups is 2. The van der Waals surface area contributed by atoms with E-state index in [0.717, 1.165) is 28.1 Å². The zero-order valence-corrected chi connectivity index (χ0v) is 17.1. The Balaban J connectivity index is 1.71. The number of benzene rings is 1. The average molecular weight is 395 g/mol. The molecular weight excluding hydrogens is 370 g/mol. The van der Waals surface area contributed by atoms with Crippen molar-refractivity contribution in [2.24, 2.45) is 0 Å². The molecule has 0 saturated carbocycles. The van der Waals surface area contributed by atoms with Crippen molar-refractivity contribution < 1.29 is 14.3 Å². The predicted octanol–water partition coefficient (Wildman–Crippen LogP) is 2.40. The highest BCUT2D eigenvalue weighted by molar-refractivity contribution is 5.78. The number of nitrogens with one attached hydrogen (secondary N) is 1. The molecule has 29 heavy (non-hydrogen) atoms. The molecule has 152 valence electrons. The van der Waals surface area contributed by atoms with E-state index in [4.69, 9.17) is 4.74 Å². The van der Waals surface area contributed by atoms with Crippen molar-refractivity contribution >= 4 is 17.7 Å². The van der Waals surface area contributed by atoms with Gasteiger partial charge < -0.3 is 10.1 Å². The number of aryl methyl sites for hydroxylation is 3. The van der Waals surface area contributed by atoms with Crippen LogP contribution in [0.3, 0.4) is 0 Å². The van der Waals surface area contributed by atoms with Crippen molar-refractivity contribution in [3.05, 3.63) is 58.7 Å². The first-order chi connectivity index (χ1) is 13.9. The van der Waals surface area contributed by atoms with Crippen LogP contribution in [0.2, 0.25) is 0 Å². The van der Waals surface area contributed by atoms with E-state index in [-0.39, 0.29) is 24.7 Å². The molecule has 1 N–H and O–H groups in total. The van der Waals surface area contributed by atoms with Gasteiger partial charge in [-0.25, -0.2) is 9.50 Å². The minimum absolute atomic E-state index is 0.0792. The van der Waals surface area contributed by atoms with Gasteiger partial charge in [-0.2, -0.15) is 10.1 Å². The summed E-state index contributed by atoms with van der Waals surface area (Å²) in [5.74, 6) is 0.0334. The summed E-state index contributed by atoms with van der Waals surface area (Å²) < 4.78 is 6.46. The third kappa shape index (κ3) is 4.77. The highest BCUT2D eigenvalue weighted by Gasteiger charge is 2.20. The second kappa shape index (κ2) is 8.81. The first-order valence-electron chi connectivity index (χ1n) is 9.47. The Hall–Kier alpha value is -3.29. The molecular formula is C21H25N5O3. The van der Waals surface area contributed by atoms with E-state index in [0.29, 0.717) is 12.2 Å². The Bertz CT molecular complexity index is 1030. The van der Waals surface area contributed by atoms with E-state index in [9.17, 15) is 9.59 Å². The predicted molar refractivity (Wildman–Crippen MR) is 107 cm³/mol. The van der Waals surface area contributed by atoms with Crippen LogP contribution in [0.15, 0.2) is 30.6 Å². The van der Waals surface area contributed by atoms with Gasteiger partial charge in [0.25, 0.3) is 5.78 Å². The van der Waals surface area contributed by atoms with Crippen LogP contribution in [0.1, 0.15) is 47.0 Å². The fourth-order valence-electron chi connectivity index (χ4n) is 3.32. The van der Waals surface area contributed by atoms with Gasteiger partial charge in [0.1, 0.15) is 6.33 Å². The number of methoxy groups -OCH3 is 1. The summed E-state index contributed by atoms with van der Waals surface area (Å²) in [6.07, 6.45) is 2.33. The van der Waals surface area contributed by atoms with Gasteiger partial charge in [-0.05, 0) is 38.3 Å². The summed E-state index contributed by atoms with van der Waals surface area (Å²) in [5.41, 5.74) is 4.70. The van der Waals surface area contributed by atoms with Crippen LogP contribution in [0, 0.1) is 20.8 Å². The number of hydrogen-bond acceptors (Lipinski definition) is 6. The molecule has 8 heteroatoms. The summed E-state index contributed by atoms with van der Waals surface area (Å²) in [5, 5.41) is 7.14. The smallest absolute Gasteiger partial charge is 0.307 e. The standard InChI is InChI=1S/C21H25N5O3/c1-13-5-7-16(8-6-13)18(11-20(28)29-4)25-19(27)10-9-17-14(2)24-21-22-12-23-26(21)15(17)3/h5-8,12,18H,9-11H2,1-4H3,(H,25,27)/t18-/m1/s1. The number of aromatic nitrogens is 4. The zero-order chi connectivity index (χ0) is 21.0. The number of amides is 1. The topological polar surface area (TPSA) is 98.5 Å². The van der Waals surface area contributed by atoms with Crippen molar-refractivity contribution in [2.75, 3.05) is 7.11 Å². The number of hydrogen-bond donors (Lipinski definition) is 1. The Kier molecular flexibility index (Phi) is 6.21. The second-order valence-electron chi connectivity index (χ2n) is 7.04. The van der Waals surface area contributed by atoms with Crippen LogP contribution in [0.5, 0.6) is 0 Å². The lowest BCUT2D eigenvalue weighted by Crippen LogP contribution is -2.30. The number of carbonyl (C=O) groups excluding carboxylic acids is 2. The van der Waals surface area contributed by atoms with E-state index >= 15 is 0 Å². The highest BCUT2D eigenvalue weighted by atomic mass is 16.5. The first kappa shape index (κ1) is 20.4. The van der Waals surface area contributed by atoms with Crippen molar-refractivity contribution in [1.29, 1.82) is 0 Å². The third-order valence-electron chi connectivity index (χ3n) is 5.00. The molecule has 0 aliphatic carbocycles. The van der Waals surface area contributed by atoms with Crippen LogP contribution < -0.4 is 5.32 Å². The van der Waals surface area contributed by atoms with Gasteiger partial charge in [0.05, 0.1) is 19.6 Å². The van der Waals surface area contributed by atoms with Crippen LogP contribution >= 0.6 is 0 Å². The molecule has 1 atom stereocenters. The van der Waals surface area contributed by atoms with Gasteiger partial charge in [-0.15, -0.1) is 0 Å². The average Bonchev–Trinajstić information content (AvgIpc) is 3.16. The molecule has 2 aromatic heterocycles. The molecule has 0 radical (unpaired) electrons. The van der Waals surface area contributed by atoms with Crippen molar-refractivity contribution in [3.8, 4) is 0 Å². The van der Waals surface area contributed by atoms with Crippen molar-refractivity contribution in [1.82, 2.24) is 24.9 Å². The molecule has 0 bridgehead atoms. The first-order valence-corrected chi connectivity index (χ1v) is 9.47. The van der Waals surface area contributed by atoms with Crippen molar-refractivity contribution in [3.63, 3.8) is 0 Å². The van der Waals surface area contributed by atoms with Gasteiger partial charge >= 0.3 is 5.97 Å². The van der Waals surface area contributed by atoms with E-state index in [1.807, 2.05) is 45.0 Å². The Labute approximate surface area is 169 Å². The number of nitrogens with zero attached hydrogens (tertiary/aromatic N) is 4. The van der Waals surface area contributed by atoms with E-state index in [1.165, 1.54) is 13.4 Å². The summed E-state index contributed by atoms with van der Waals surface area (Å²) in [6, 6.07) is 7.31. The summed E-state index contributed by atoms with van der Waals surface area (Å²) >= 11 is 0. The molecule has 1 aromatic carbocycles. The second-order valence-corrected chi connectivity index (χ2v) is 7.04. The Morgan fingerprint density at radius 2 is 1.90 bits per heavy atom. The van der Waals surface area contributed by atoms with Crippen LogP contribution in [-0.2, 0) is 20.7 Å². The lowest BCUT2D eigenvalue weighted by atomic mass is 10.0. The fourth-order valence-corrected chi connectivity index (χ4v) is 3.32. The number of rotatable bonds is 7. The number of esters is 1. The molecule has 3 aromatic rings. The minimum atomic E-state index is -0.436. The number of ether oxygens (including phenoxy) is 1. The third-order valence-corrected chi connectivity index (χ3v) is 5.00. The lowest BCUT2D eigenvalue weighted by Gasteiger charge is -2.19. The molecule has 0 fully saturated rings. The molecule has 3 rings (SSSR count). The Morgan fingerprint density at radius 3 is 2.59 bits per heavy atom. The summed E-state index contributed by atoms with van der Waals surface area (Å²) in [7, 11) is 1.34. The van der Waals surface area contributed by atoms with Crippen LogP contribution in [-0.4, -0.2) is 38.6 Å². The largest absolute Gasteiger partial charge is 0.469 e. The van der Waals surface area contributed by atoms with Gasteiger partial charge in [0, 0.05) is 17.8 Å². The van der Waals surface area contributed by atoms with Gasteiger partial charge in [0.15, 0.2) is 0 Å². The fraction of sp³-hybridized carbons (Fsp3) is 0.381. The van der Waals surface area contributed by atoms with Crippen LogP contribution in [0.4, 0.5) is 0 Å². The molecule has 0 spiro atoms. The maximum Gasteiger partial charge on any atom is 0.307 e. The van der Waals surface area contributed by atoms with Crippen molar-refractivity contribution in [2.45, 2.75) is 46.1 Å². The monoisotopic (exact) mass is 395 g/mol. The van der Waals surface area contributed by atoms with Gasteiger partial charge in [-0.1, -0.05) is 29.8 Å². The molecule has 1 amide bonds. The molecule has 0 aliphatic heterocycles. The summed E-state index contributed by atoms with van der Waals surface area (Å²) in [4.78, 5) is 33.0. The summed E-state index contributed by atoms with van der Waals surface area (Å²) in [6.45, 7) is 5.83. The highest BCUT2D eigenvalue weighted by Crippen LogP contribution is 2.19. The maximum absolute atomic E-state index is 12.7. The van der Waals surface area contributed by atoms with E-state index in [1.54, 1.807) is 4.52 Å². The zero-order valence-electron chi connectivity index (χ0n) is 17.1. The lowest BCUT2D eigenvalue weighted by molar-refractivity contribution is -0.141. The molecule has 0 aliphatic rings. The minimum Gasteiger partial charge on any atom is -0.469 e. The molecule has 0 unspecified atom stereocenters. The normalized spacial score (nSPS) is 12.0. The maximum atomic E-state index is 12.7. The SMILES string of the molecule is COC(=O)C[C@@H](NC(=O)CCc1c(C)nc2ncnn2c1C)c1ccc(C)cc1. The molecule has 2 heterocycles. The van der Waals surface area contributed by atoms with Gasteiger partial charge in [-0.3, -0.25) is 9.59 Å². The van der Waals surface area contributed by atoms with E-state index in [2.05, 4.69) is 20.4 Å². The molecule has 0 saturated heterocycles. The van der Waals surface area contributed by atoms with Crippen LogP contribution in [0.25, 0.3) is 5.78 Å².